The van der Waals surface area contributed by atoms with Crippen LogP contribution in [0.5, 0.6) is 0 Å². The predicted molar refractivity (Wildman–Crippen MR) is 67.9 cm³/mol. The summed E-state index contributed by atoms with van der Waals surface area (Å²) in [5, 5.41) is 12.1. The summed E-state index contributed by atoms with van der Waals surface area (Å²) < 4.78 is 2.25. The van der Waals surface area contributed by atoms with Gasteiger partial charge in [0, 0.05) is 13.1 Å². The number of rotatable bonds is 4. The minimum atomic E-state index is 0.395. The van der Waals surface area contributed by atoms with Crippen molar-refractivity contribution in [3.05, 3.63) is 11.6 Å². The number of piperidine rings is 1. The van der Waals surface area contributed by atoms with Crippen molar-refractivity contribution in [3.63, 3.8) is 0 Å². The van der Waals surface area contributed by atoms with Gasteiger partial charge in [-0.05, 0) is 40.4 Å². The Balaban J connectivity index is 2.10. The van der Waals surface area contributed by atoms with Gasteiger partial charge in [0.1, 0.15) is 11.6 Å². The normalized spacial score (nSPS) is 21.1. The molecule has 1 atom stereocenters. The SMILES string of the molecule is Cc1nnc(C2CCCCN2)n1CCN(C)C. The van der Waals surface area contributed by atoms with Crippen molar-refractivity contribution in [1.29, 1.82) is 0 Å². The fraction of sp³-hybridized carbons (Fsp3) is 0.833. The lowest BCUT2D eigenvalue weighted by molar-refractivity contribution is 0.353. The zero-order valence-corrected chi connectivity index (χ0v) is 11.1. The van der Waals surface area contributed by atoms with Gasteiger partial charge in [0.25, 0.3) is 0 Å². The third kappa shape index (κ3) is 3.04. The second kappa shape index (κ2) is 5.60. The molecule has 5 nitrogen and oxygen atoms in total. The van der Waals surface area contributed by atoms with Crippen LogP contribution in [0.3, 0.4) is 0 Å². The monoisotopic (exact) mass is 237 g/mol. The van der Waals surface area contributed by atoms with E-state index in [1.165, 1.54) is 19.3 Å². The molecule has 2 rings (SSSR count). The van der Waals surface area contributed by atoms with Crippen molar-refractivity contribution in [1.82, 2.24) is 25.0 Å². The average Bonchev–Trinajstić information content (AvgIpc) is 2.69. The molecule has 1 fully saturated rings. The maximum Gasteiger partial charge on any atom is 0.150 e. The molecule has 0 saturated carbocycles. The summed E-state index contributed by atoms with van der Waals surface area (Å²) in [6.45, 7) is 5.14. The molecule has 1 aromatic rings. The molecule has 1 aromatic heterocycles. The van der Waals surface area contributed by atoms with E-state index in [9.17, 15) is 0 Å². The zero-order valence-electron chi connectivity index (χ0n) is 11.1. The number of nitrogens with one attached hydrogen (secondary N) is 1. The maximum absolute atomic E-state index is 4.35. The van der Waals surface area contributed by atoms with Crippen LogP contribution in [0.25, 0.3) is 0 Å². The van der Waals surface area contributed by atoms with Gasteiger partial charge in [-0.25, -0.2) is 0 Å². The Bertz CT molecular complexity index is 352. The predicted octanol–water partition coefficient (Wildman–Crippen LogP) is 0.963. The molecule has 5 heteroatoms. The van der Waals surface area contributed by atoms with Crippen LogP contribution < -0.4 is 5.32 Å². The van der Waals surface area contributed by atoms with E-state index in [0.717, 1.165) is 31.3 Å². The highest BCUT2D eigenvalue weighted by Crippen LogP contribution is 2.21. The Labute approximate surface area is 103 Å². The van der Waals surface area contributed by atoms with Gasteiger partial charge in [-0.15, -0.1) is 10.2 Å². The summed E-state index contributed by atoms with van der Waals surface area (Å²) in [6.07, 6.45) is 3.75. The van der Waals surface area contributed by atoms with Crippen molar-refractivity contribution in [2.45, 2.75) is 38.8 Å². The number of aromatic nitrogens is 3. The highest BCUT2D eigenvalue weighted by Gasteiger charge is 2.21. The number of hydrogen-bond acceptors (Lipinski definition) is 4. The highest BCUT2D eigenvalue weighted by molar-refractivity contribution is 5.01. The van der Waals surface area contributed by atoms with Crippen molar-refractivity contribution < 1.29 is 0 Å². The van der Waals surface area contributed by atoms with Gasteiger partial charge >= 0.3 is 0 Å². The number of nitrogens with zero attached hydrogens (tertiary/aromatic N) is 4. The van der Waals surface area contributed by atoms with Gasteiger partial charge in [0.05, 0.1) is 6.04 Å². The Morgan fingerprint density at radius 2 is 2.18 bits per heavy atom. The first-order chi connectivity index (χ1) is 8.18. The first-order valence-corrected chi connectivity index (χ1v) is 6.46. The molecule has 96 valence electrons. The van der Waals surface area contributed by atoms with Gasteiger partial charge in [0.2, 0.25) is 0 Å². The van der Waals surface area contributed by atoms with Crippen molar-refractivity contribution in [3.8, 4) is 0 Å². The van der Waals surface area contributed by atoms with Gasteiger partial charge in [0.15, 0.2) is 0 Å². The van der Waals surface area contributed by atoms with Crippen LogP contribution in [0.15, 0.2) is 0 Å². The molecule has 0 aromatic carbocycles. The van der Waals surface area contributed by atoms with Gasteiger partial charge in [-0.3, -0.25) is 0 Å². The Kier molecular flexibility index (Phi) is 4.12. The molecule has 0 aliphatic carbocycles. The summed E-state index contributed by atoms with van der Waals surface area (Å²) in [5.74, 6) is 2.14. The van der Waals surface area contributed by atoms with E-state index in [0.29, 0.717) is 6.04 Å². The lowest BCUT2D eigenvalue weighted by Crippen LogP contribution is -2.30. The van der Waals surface area contributed by atoms with Crippen LogP contribution in [0.2, 0.25) is 0 Å². The van der Waals surface area contributed by atoms with E-state index in [1.54, 1.807) is 0 Å². The van der Waals surface area contributed by atoms with Crippen LogP contribution in [-0.2, 0) is 6.54 Å². The third-order valence-corrected chi connectivity index (χ3v) is 3.36. The summed E-state index contributed by atoms with van der Waals surface area (Å²) >= 11 is 0. The molecule has 1 unspecified atom stereocenters. The first-order valence-electron chi connectivity index (χ1n) is 6.46. The Morgan fingerprint density at radius 1 is 1.35 bits per heavy atom. The van der Waals surface area contributed by atoms with E-state index in [4.69, 9.17) is 0 Å². The quantitative estimate of drug-likeness (QED) is 0.847. The molecular weight excluding hydrogens is 214 g/mol. The fourth-order valence-electron chi connectivity index (χ4n) is 2.30. The fourth-order valence-corrected chi connectivity index (χ4v) is 2.30. The summed E-state index contributed by atoms with van der Waals surface area (Å²) in [7, 11) is 4.19. The van der Waals surface area contributed by atoms with Crippen LogP contribution in [0.4, 0.5) is 0 Å². The lowest BCUT2D eigenvalue weighted by Gasteiger charge is -2.24. The van der Waals surface area contributed by atoms with Crippen molar-refractivity contribution in [2.75, 3.05) is 27.2 Å². The topological polar surface area (TPSA) is 46.0 Å². The van der Waals surface area contributed by atoms with Crippen molar-refractivity contribution in [2.24, 2.45) is 0 Å². The van der Waals surface area contributed by atoms with E-state index in [-0.39, 0.29) is 0 Å². The molecule has 0 radical (unpaired) electrons. The molecule has 0 bridgehead atoms. The number of hydrogen-bond donors (Lipinski definition) is 1. The third-order valence-electron chi connectivity index (χ3n) is 3.36. The molecule has 1 aliphatic heterocycles. The lowest BCUT2D eigenvalue weighted by atomic mass is 10.0. The van der Waals surface area contributed by atoms with E-state index < -0.39 is 0 Å². The Hall–Kier alpha value is -0.940. The molecule has 1 saturated heterocycles. The van der Waals surface area contributed by atoms with E-state index in [2.05, 4.69) is 39.1 Å². The van der Waals surface area contributed by atoms with Crippen LogP contribution in [0.1, 0.15) is 37.0 Å². The summed E-state index contributed by atoms with van der Waals surface area (Å²) in [4.78, 5) is 2.19. The molecule has 2 heterocycles. The highest BCUT2D eigenvalue weighted by atomic mass is 15.3. The van der Waals surface area contributed by atoms with Gasteiger partial charge < -0.3 is 14.8 Å². The zero-order chi connectivity index (χ0) is 12.3. The molecule has 0 spiro atoms. The molecular formula is C12H23N5. The minimum Gasteiger partial charge on any atom is -0.313 e. The Morgan fingerprint density at radius 3 is 2.82 bits per heavy atom. The second-order valence-electron chi connectivity index (χ2n) is 5.06. The minimum absolute atomic E-state index is 0.395. The summed E-state index contributed by atoms with van der Waals surface area (Å²) in [6, 6.07) is 0.395. The molecule has 1 N–H and O–H groups in total. The number of aryl methyl sites for hydroxylation is 1. The van der Waals surface area contributed by atoms with Crippen molar-refractivity contribution >= 4 is 0 Å². The standard InChI is InChI=1S/C12H23N5/c1-10-14-15-12(11-6-4-5-7-13-11)17(10)9-8-16(2)3/h11,13H,4-9H2,1-3H3. The number of likely N-dealkylation sites (N-methyl/N-ethyl adjacent to an activating group) is 1. The van der Waals surface area contributed by atoms with Crippen LogP contribution in [-0.4, -0.2) is 46.8 Å². The van der Waals surface area contributed by atoms with E-state index in [1.807, 2.05) is 6.92 Å². The molecule has 17 heavy (non-hydrogen) atoms. The van der Waals surface area contributed by atoms with Crippen LogP contribution in [0, 0.1) is 6.92 Å². The first kappa shape index (κ1) is 12.5. The van der Waals surface area contributed by atoms with Gasteiger partial charge in [-0.2, -0.15) is 0 Å². The average molecular weight is 237 g/mol. The smallest absolute Gasteiger partial charge is 0.150 e. The van der Waals surface area contributed by atoms with Gasteiger partial charge in [-0.1, -0.05) is 6.42 Å². The summed E-state index contributed by atoms with van der Waals surface area (Å²) in [5.41, 5.74) is 0. The largest absolute Gasteiger partial charge is 0.313 e. The molecule has 1 aliphatic rings. The van der Waals surface area contributed by atoms with E-state index >= 15 is 0 Å². The second-order valence-corrected chi connectivity index (χ2v) is 5.06. The van der Waals surface area contributed by atoms with Crippen LogP contribution >= 0.6 is 0 Å². The maximum atomic E-state index is 4.35. The molecule has 0 amide bonds.